The van der Waals surface area contributed by atoms with Crippen LogP contribution >= 0.6 is 11.3 Å². The predicted octanol–water partition coefficient (Wildman–Crippen LogP) is 3.47. The van der Waals surface area contributed by atoms with Crippen LogP contribution in [0.25, 0.3) is 10.2 Å². The van der Waals surface area contributed by atoms with Crippen molar-refractivity contribution in [1.29, 1.82) is 0 Å². The molecule has 1 aliphatic heterocycles. The van der Waals surface area contributed by atoms with Crippen LogP contribution in [0.15, 0.2) is 18.5 Å². The van der Waals surface area contributed by atoms with Crippen molar-refractivity contribution < 1.29 is 13.2 Å². The van der Waals surface area contributed by atoms with E-state index in [0.717, 1.165) is 10.2 Å². The molecule has 3 nitrogen and oxygen atoms in total. The van der Waals surface area contributed by atoms with E-state index < -0.39 is 12.1 Å². The van der Waals surface area contributed by atoms with Gasteiger partial charge in [-0.25, -0.2) is 4.98 Å². The molecule has 2 aromatic heterocycles. The first kappa shape index (κ1) is 12.7. The van der Waals surface area contributed by atoms with Gasteiger partial charge in [0.2, 0.25) is 0 Å². The van der Waals surface area contributed by atoms with Crippen LogP contribution < -0.4 is 4.90 Å². The number of fused-ring (bicyclic) bond motifs is 1. The highest BCUT2D eigenvalue weighted by molar-refractivity contribution is 7.22. The highest BCUT2D eigenvalue weighted by atomic mass is 32.1. The fraction of sp³-hybridized carbons (Fsp3) is 0.500. The molecule has 0 aliphatic carbocycles. The van der Waals surface area contributed by atoms with Gasteiger partial charge < -0.3 is 4.90 Å². The van der Waals surface area contributed by atoms with E-state index in [1.54, 1.807) is 17.3 Å². The summed E-state index contributed by atoms with van der Waals surface area (Å²) in [6.45, 7) is 0.649. The smallest absolute Gasteiger partial charge is 0.347 e. The van der Waals surface area contributed by atoms with E-state index in [4.69, 9.17) is 0 Å². The van der Waals surface area contributed by atoms with Crippen LogP contribution in [-0.4, -0.2) is 29.2 Å². The van der Waals surface area contributed by atoms with E-state index in [1.807, 2.05) is 6.07 Å². The van der Waals surface area contributed by atoms with Crippen molar-refractivity contribution in [3.05, 3.63) is 18.5 Å². The van der Waals surface area contributed by atoms with Crippen LogP contribution in [0.3, 0.4) is 0 Å². The maximum absolute atomic E-state index is 12.8. The van der Waals surface area contributed by atoms with Crippen LogP contribution in [0.4, 0.5) is 18.3 Å². The zero-order chi connectivity index (χ0) is 13.5. The van der Waals surface area contributed by atoms with Gasteiger partial charge in [-0.3, -0.25) is 4.98 Å². The van der Waals surface area contributed by atoms with Gasteiger partial charge in [0.25, 0.3) is 0 Å². The number of alkyl halides is 3. The van der Waals surface area contributed by atoms with Crippen molar-refractivity contribution in [3.63, 3.8) is 0 Å². The zero-order valence-corrected chi connectivity index (χ0v) is 10.8. The molecule has 1 saturated heterocycles. The molecule has 3 rings (SSSR count). The molecule has 0 bridgehead atoms. The Morgan fingerprint density at radius 2 is 2.21 bits per heavy atom. The van der Waals surface area contributed by atoms with Crippen molar-refractivity contribution in [2.24, 2.45) is 5.92 Å². The molecule has 102 valence electrons. The molecule has 3 heterocycles. The van der Waals surface area contributed by atoms with Gasteiger partial charge in [0.1, 0.15) is 5.52 Å². The van der Waals surface area contributed by atoms with Crippen molar-refractivity contribution in [2.45, 2.75) is 19.0 Å². The van der Waals surface area contributed by atoms with Gasteiger partial charge in [0.15, 0.2) is 5.13 Å². The highest BCUT2D eigenvalue weighted by Gasteiger charge is 2.42. The van der Waals surface area contributed by atoms with Crippen LogP contribution in [0.5, 0.6) is 0 Å². The summed E-state index contributed by atoms with van der Waals surface area (Å²) in [5.74, 6) is -1.24. The van der Waals surface area contributed by atoms with Gasteiger partial charge in [0.05, 0.1) is 16.8 Å². The van der Waals surface area contributed by atoms with Gasteiger partial charge in [-0.15, -0.1) is 0 Å². The van der Waals surface area contributed by atoms with Crippen molar-refractivity contribution >= 4 is 26.7 Å². The summed E-state index contributed by atoms with van der Waals surface area (Å²) in [4.78, 5) is 10.1. The molecule has 1 aliphatic rings. The maximum Gasteiger partial charge on any atom is 0.393 e. The fourth-order valence-corrected chi connectivity index (χ4v) is 3.29. The monoisotopic (exact) mass is 287 g/mol. The molecule has 7 heteroatoms. The minimum atomic E-state index is -4.11. The molecule has 1 fully saturated rings. The third-order valence-electron chi connectivity index (χ3n) is 3.33. The number of rotatable bonds is 1. The van der Waals surface area contributed by atoms with Gasteiger partial charge in [0, 0.05) is 19.3 Å². The Bertz CT molecular complexity index is 548. The van der Waals surface area contributed by atoms with Crippen LogP contribution in [0, 0.1) is 5.92 Å². The number of pyridine rings is 1. The molecule has 0 amide bonds. The number of thiazole rings is 1. The fourth-order valence-electron chi connectivity index (χ4n) is 2.32. The topological polar surface area (TPSA) is 29.0 Å². The first-order valence-corrected chi connectivity index (χ1v) is 6.88. The lowest BCUT2D eigenvalue weighted by Crippen LogP contribution is -2.41. The van der Waals surface area contributed by atoms with Crippen molar-refractivity contribution in [2.75, 3.05) is 18.0 Å². The number of aromatic nitrogens is 2. The van der Waals surface area contributed by atoms with Crippen LogP contribution in [0.1, 0.15) is 12.8 Å². The normalized spacial score (nSPS) is 21.0. The Labute approximate surface area is 112 Å². The molecular weight excluding hydrogens is 275 g/mol. The first-order chi connectivity index (χ1) is 9.04. The molecule has 0 N–H and O–H groups in total. The minimum absolute atomic E-state index is 0.0107. The number of hydrogen-bond donors (Lipinski definition) is 0. The van der Waals surface area contributed by atoms with Crippen molar-refractivity contribution in [1.82, 2.24) is 9.97 Å². The van der Waals surface area contributed by atoms with E-state index in [9.17, 15) is 13.2 Å². The summed E-state index contributed by atoms with van der Waals surface area (Å²) in [5, 5.41) is 0.664. The molecule has 0 radical (unpaired) electrons. The summed E-state index contributed by atoms with van der Waals surface area (Å²) in [6.07, 6.45) is -0.0404. The number of hydrogen-bond acceptors (Lipinski definition) is 4. The summed E-state index contributed by atoms with van der Waals surface area (Å²) < 4.78 is 39.3. The second kappa shape index (κ2) is 4.63. The number of piperidine rings is 1. The number of nitrogens with zero attached hydrogens (tertiary/aromatic N) is 3. The minimum Gasteiger partial charge on any atom is -0.347 e. The lowest BCUT2D eigenvalue weighted by Gasteiger charge is -2.33. The highest BCUT2D eigenvalue weighted by Crippen LogP contribution is 2.36. The van der Waals surface area contributed by atoms with Gasteiger partial charge in [-0.1, -0.05) is 11.3 Å². The maximum atomic E-state index is 12.8. The number of halogens is 3. The average Bonchev–Trinajstić information content (AvgIpc) is 2.81. The summed E-state index contributed by atoms with van der Waals surface area (Å²) in [6, 6.07) is 1.84. The Hall–Kier alpha value is -1.37. The molecule has 0 saturated carbocycles. The first-order valence-electron chi connectivity index (χ1n) is 6.06. The molecule has 1 unspecified atom stereocenters. The SMILES string of the molecule is FC(F)(F)C1CCCN(c2nc3cnccc3s2)C1. The molecule has 1 atom stereocenters. The van der Waals surface area contributed by atoms with E-state index in [1.165, 1.54) is 11.3 Å². The van der Waals surface area contributed by atoms with Gasteiger partial charge in [-0.05, 0) is 18.9 Å². The Morgan fingerprint density at radius 3 is 2.95 bits per heavy atom. The second-order valence-corrected chi connectivity index (χ2v) is 5.68. The van der Waals surface area contributed by atoms with E-state index >= 15 is 0 Å². The van der Waals surface area contributed by atoms with E-state index in [0.29, 0.717) is 18.1 Å². The zero-order valence-electron chi connectivity index (χ0n) is 10.0. The molecule has 0 spiro atoms. The Balaban J connectivity index is 1.85. The molecule has 2 aromatic rings. The summed E-state index contributed by atoms with van der Waals surface area (Å²) >= 11 is 1.42. The van der Waals surface area contributed by atoms with Crippen molar-refractivity contribution in [3.8, 4) is 0 Å². The Morgan fingerprint density at radius 1 is 1.37 bits per heavy atom. The lowest BCUT2D eigenvalue weighted by atomic mass is 9.98. The summed E-state index contributed by atoms with van der Waals surface area (Å²) in [5.41, 5.74) is 0.747. The summed E-state index contributed by atoms with van der Waals surface area (Å²) in [7, 11) is 0. The molecule has 19 heavy (non-hydrogen) atoms. The largest absolute Gasteiger partial charge is 0.393 e. The quantitative estimate of drug-likeness (QED) is 0.804. The average molecular weight is 287 g/mol. The third kappa shape index (κ3) is 2.51. The van der Waals surface area contributed by atoms with Gasteiger partial charge in [-0.2, -0.15) is 13.2 Å². The van der Waals surface area contributed by atoms with Gasteiger partial charge >= 0.3 is 6.18 Å². The third-order valence-corrected chi connectivity index (χ3v) is 4.43. The number of anilines is 1. The Kier molecular flexibility index (Phi) is 3.08. The van der Waals surface area contributed by atoms with E-state index in [2.05, 4.69) is 9.97 Å². The second-order valence-electron chi connectivity index (χ2n) is 4.67. The van der Waals surface area contributed by atoms with Crippen LogP contribution in [-0.2, 0) is 0 Å². The molecular formula is C12H12F3N3S. The van der Waals surface area contributed by atoms with Crippen LogP contribution in [0.2, 0.25) is 0 Å². The molecule has 0 aromatic carbocycles. The van der Waals surface area contributed by atoms with E-state index in [-0.39, 0.29) is 13.0 Å². The lowest BCUT2D eigenvalue weighted by molar-refractivity contribution is -0.175. The standard InChI is InChI=1S/C12H12F3N3S/c13-12(14,15)8-2-1-5-18(7-8)11-17-9-6-16-4-3-10(9)19-11/h3-4,6,8H,1-2,5,7H2. The predicted molar refractivity (Wildman–Crippen MR) is 68.4 cm³/mol.